The number of hydrogen-bond donors (Lipinski definition) is 1. The van der Waals surface area contributed by atoms with E-state index in [1.54, 1.807) is 4.90 Å². The summed E-state index contributed by atoms with van der Waals surface area (Å²) in [6.45, 7) is 0.924. The largest absolute Gasteiger partial charge is 0.481 e. The van der Waals surface area contributed by atoms with Crippen LogP contribution >= 0.6 is 0 Å². The monoisotopic (exact) mass is 427 g/mol. The third-order valence-electron chi connectivity index (χ3n) is 6.45. The first-order valence-electron chi connectivity index (χ1n) is 11.1. The number of carboxylic acid groups (broad SMARTS) is 1. The maximum absolute atomic E-state index is 13.1. The Bertz CT molecular complexity index is 1140. The maximum Gasteiger partial charge on any atom is 0.414 e. The summed E-state index contributed by atoms with van der Waals surface area (Å²) < 4.78 is 5.85. The highest BCUT2D eigenvalue weighted by Gasteiger charge is 2.30. The van der Waals surface area contributed by atoms with Gasteiger partial charge in [0.05, 0.1) is 5.69 Å². The molecule has 0 fully saturated rings. The molecule has 1 heterocycles. The molecule has 0 bridgehead atoms. The zero-order valence-corrected chi connectivity index (χ0v) is 17.8. The van der Waals surface area contributed by atoms with E-state index in [1.165, 1.54) is 22.3 Å². The Morgan fingerprint density at radius 2 is 1.66 bits per heavy atom. The number of carboxylic acids is 1. The lowest BCUT2D eigenvalue weighted by Gasteiger charge is -2.29. The second kappa shape index (κ2) is 8.50. The van der Waals surface area contributed by atoms with Gasteiger partial charge in [-0.1, -0.05) is 60.7 Å². The minimum atomic E-state index is -0.803. The molecule has 0 aromatic heterocycles. The van der Waals surface area contributed by atoms with Gasteiger partial charge in [-0.05, 0) is 58.7 Å². The van der Waals surface area contributed by atoms with Crippen LogP contribution in [-0.4, -0.2) is 30.3 Å². The third kappa shape index (κ3) is 3.75. The van der Waals surface area contributed by atoms with Crippen molar-refractivity contribution in [3.8, 4) is 11.1 Å². The lowest BCUT2D eigenvalue weighted by molar-refractivity contribution is -0.136. The molecule has 2 aliphatic rings. The SMILES string of the molecule is O=C(O)CCc1ccc2c(c1)CCCN2C(=O)OCC1c2ccccc2-c2ccccc21. The Kier molecular flexibility index (Phi) is 5.39. The standard InChI is InChI=1S/C27H25NO4/c29-26(30)14-12-18-11-13-25-19(16-18)6-5-15-28(25)27(31)32-17-24-22-9-3-1-7-20(22)21-8-2-4-10-23(21)24/h1-4,7-11,13,16,24H,5-6,12,14-15,17H2,(H,29,30). The van der Waals surface area contributed by atoms with Crippen molar-refractivity contribution in [2.45, 2.75) is 31.6 Å². The van der Waals surface area contributed by atoms with Crippen LogP contribution in [0.15, 0.2) is 66.7 Å². The van der Waals surface area contributed by atoms with E-state index >= 15 is 0 Å². The lowest BCUT2D eigenvalue weighted by Crippen LogP contribution is -2.36. The number of amides is 1. The van der Waals surface area contributed by atoms with E-state index in [0.717, 1.165) is 29.7 Å². The van der Waals surface area contributed by atoms with E-state index in [1.807, 2.05) is 42.5 Å². The molecule has 5 heteroatoms. The summed E-state index contributed by atoms with van der Waals surface area (Å²) in [4.78, 5) is 25.7. The number of nitrogens with zero attached hydrogens (tertiary/aromatic N) is 1. The number of hydrogen-bond acceptors (Lipinski definition) is 3. The molecule has 3 aromatic carbocycles. The van der Waals surface area contributed by atoms with E-state index < -0.39 is 5.97 Å². The first-order valence-corrected chi connectivity index (χ1v) is 11.1. The van der Waals surface area contributed by atoms with E-state index in [4.69, 9.17) is 9.84 Å². The molecule has 162 valence electrons. The summed E-state index contributed by atoms with van der Waals surface area (Å²) in [6, 6.07) is 22.5. The zero-order chi connectivity index (χ0) is 22.1. The minimum absolute atomic E-state index is 0.0361. The average molecular weight is 428 g/mol. The van der Waals surface area contributed by atoms with Crippen molar-refractivity contribution in [2.24, 2.45) is 0 Å². The topological polar surface area (TPSA) is 66.8 Å². The Labute approximate surface area is 187 Å². The van der Waals surface area contributed by atoms with E-state index in [0.29, 0.717) is 19.6 Å². The molecule has 32 heavy (non-hydrogen) atoms. The van der Waals surface area contributed by atoms with Gasteiger partial charge in [0.25, 0.3) is 0 Å². The maximum atomic E-state index is 13.1. The van der Waals surface area contributed by atoms with E-state index in [2.05, 4.69) is 24.3 Å². The highest BCUT2D eigenvalue weighted by Crippen LogP contribution is 2.44. The van der Waals surface area contributed by atoms with Gasteiger partial charge in [-0.25, -0.2) is 4.79 Å². The second-order valence-corrected chi connectivity index (χ2v) is 8.42. The molecule has 1 aliphatic carbocycles. The van der Waals surface area contributed by atoms with Crippen molar-refractivity contribution < 1.29 is 19.4 Å². The molecule has 5 rings (SSSR count). The van der Waals surface area contributed by atoms with E-state index in [9.17, 15) is 9.59 Å². The summed E-state index contributed by atoms with van der Waals surface area (Å²) in [5.41, 5.74) is 7.75. The molecule has 0 saturated carbocycles. The number of fused-ring (bicyclic) bond motifs is 4. The van der Waals surface area contributed by atoms with Crippen LogP contribution in [0.25, 0.3) is 11.1 Å². The molecular formula is C27H25NO4. The number of aryl methyl sites for hydroxylation is 2. The summed E-state index contributed by atoms with van der Waals surface area (Å²) in [6.07, 6.45) is 2.01. The van der Waals surface area contributed by atoms with Gasteiger partial charge in [0, 0.05) is 18.9 Å². The molecule has 3 aromatic rings. The first kappa shape index (κ1) is 20.3. The van der Waals surface area contributed by atoms with Crippen molar-refractivity contribution in [3.05, 3.63) is 89.0 Å². The van der Waals surface area contributed by atoms with Gasteiger partial charge in [0.15, 0.2) is 0 Å². The fourth-order valence-electron chi connectivity index (χ4n) is 4.92. The van der Waals surface area contributed by atoms with Gasteiger partial charge in [-0.2, -0.15) is 0 Å². The smallest absolute Gasteiger partial charge is 0.414 e. The molecule has 1 aliphatic heterocycles. The fourth-order valence-corrected chi connectivity index (χ4v) is 4.92. The van der Waals surface area contributed by atoms with Crippen molar-refractivity contribution in [1.82, 2.24) is 0 Å². The highest BCUT2D eigenvalue weighted by atomic mass is 16.6. The molecule has 0 spiro atoms. The van der Waals surface area contributed by atoms with Crippen molar-refractivity contribution in [1.29, 1.82) is 0 Å². The Morgan fingerprint density at radius 1 is 0.969 bits per heavy atom. The van der Waals surface area contributed by atoms with Crippen molar-refractivity contribution >= 4 is 17.7 Å². The molecule has 5 nitrogen and oxygen atoms in total. The number of carbonyl (C=O) groups excluding carboxylic acids is 1. The van der Waals surface area contributed by atoms with Crippen LogP contribution in [0.5, 0.6) is 0 Å². The van der Waals surface area contributed by atoms with Crippen LogP contribution in [0.1, 0.15) is 41.0 Å². The zero-order valence-electron chi connectivity index (χ0n) is 17.8. The van der Waals surface area contributed by atoms with Crippen LogP contribution < -0.4 is 4.90 Å². The van der Waals surface area contributed by atoms with Crippen molar-refractivity contribution in [2.75, 3.05) is 18.1 Å². The van der Waals surface area contributed by atoms with Crippen LogP contribution in [0.4, 0.5) is 10.5 Å². The number of rotatable bonds is 5. The molecule has 0 radical (unpaired) electrons. The molecule has 0 atom stereocenters. The quantitative estimate of drug-likeness (QED) is 0.592. The van der Waals surface area contributed by atoms with Crippen LogP contribution in [0, 0.1) is 0 Å². The Morgan fingerprint density at radius 3 is 2.34 bits per heavy atom. The van der Waals surface area contributed by atoms with Gasteiger partial charge in [0.2, 0.25) is 0 Å². The molecule has 1 amide bonds. The predicted molar refractivity (Wildman–Crippen MR) is 123 cm³/mol. The molecule has 0 unspecified atom stereocenters. The van der Waals surface area contributed by atoms with Crippen LogP contribution in [0.2, 0.25) is 0 Å². The number of ether oxygens (including phenoxy) is 1. The van der Waals surface area contributed by atoms with Gasteiger partial charge < -0.3 is 9.84 Å². The summed E-state index contributed by atoms with van der Waals surface area (Å²) >= 11 is 0. The normalized spacial score (nSPS) is 14.4. The van der Waals surface area contributed by atoms with E-state index in [-0.39, 0.29) is 18.4 Å². The number of anilines is 1. The van der Waals surface area contributed by atoms with Gasteiger partial charge >= 0.3 is 12.1 Å². The highest BCUT2D eigenvalue weighted by molar-refractivity contribution is 5.89. The van der Waals surface area contributed by atoms with Crippen molar-refractivity contribution in [3.63, 3.8) is 0 Å². The minimum Gasteiger partial charge on any atom is -0.481 e. The fraction of sp³-hybridized carbons (Fsp3) is 0.259. The Balaban J connectivity index is 1.32. The average Bonchev–Trinajstić information content (AvgIpc) is 3.14. The van der Waals surface area contributed by atoms with Crippen LogP contribution in [0.3, 0.4) is 0 Å². The Hall–Kier alpha value is -3.60. The third-order valence-corrected chi connectivity index (χ3v) is 6.45. The summed E-state index contributed by atoms with van der Waals surface area (Å²) in [7, 11) is 0. The molecule has 0 saturated heterocycles. The number of aliphatic carboxylic acids is 1. The van der Waals surface area contributed by atoms with Crippen LogP contribution in [-0.2, 0) is 22.4 Å². The predicted octanol–water partition coefficient (Wildman–Crippen LogP) is 5.41. The lowest BCUT2D eigenvalue weighted by atomic mass is 9.97. The first-order chi connectivity index (χ1) is 15.6. The molecule has 1 N–H and O–H groups in total. The van der Waals surface area contributed by atoms with Gasteiger partial charge in [-0.15, -0.1) is 0 Å². The summed E-state index contributed by atoms with van der Waals surface area (Å²) in [5, 5.41) is 8.93. The molecular weight excluding hydrogens is 402 g/mol. The second-order valence-electron chi connectivity index (χ2n) is 8.42. The number of benzene rings is 3. The number of carbonyl (C=O) groups is 2. The van der Waals surface area contributed by atoms with Gasteiger partial charge in [-0.3, -0.25) is 9.69 Å². The van der Waals surface area contributed by atoms with Gasteiger partial charge in [0.1, 0.15) is 6.61 Å². The summed E-state index contributed by atoms with van der Waals surface area (Å²) in [5.74, 6) is -0.767.